The van der Waals surface area contributed by atoms with Gasteiger partial charge in [-0.25, -0.2) is 0 Å². The van der Waals surface area contributed by atoms with E-state index in [1.807, 2.05) is 0 Å². The fourth-order valence-corrected chi connectivity index (χ4v) is 7.18. The van der Waals surface area contributed by atoms with E-state index in [4.69, 9.17) is 14.2 Å². The highest BCUT2D eigenvalue weighted by Crippen LogP contribution is 2.13. The SMILES string of the molecule is CC/C=C\C/C=C\C/C=C\C/C=C\C/C=C\C/C=C\CCCCCCC(=O)OCC(COC(=O)CCCCC/C=C\C/C=C\C/C=C\CC)OC(=O)CCCCCCCCC/C=C\C/C=C\C/C=C\CC. The van der Waals surface area contributed by atoms with E-state index >= 15 is 0 Å². The molecule has 6 heteroatoms. The average Bonchev–Trinajstić information content (AvgIpc) is 3.37. The van der Waals surface area contributed by atoms with Crippen molar-refractivity contribution in [1.82, 2.24) is 0 Å². The lowest BCUT2D eigenvalue weighted by Crippen LogP contribution is -2.30. The van der Waals surface area contributed by atoms with Gasteiger partial charge < -0.3 is 14.2 Å². The summed E-state index contributed by atoms with van der Waals surface area (Å²) >= 11 is 0. The predicted octanol–water partition coefficient (Wildman–Crippen LogP) is 19.2. The van der Waals surface area contributed by atoms with Gasteiger partial charge in [0, 0.05) is 19.3 Å². The van der Waals surface area contributed by atoms with Crippen molar-refractivity contribution in [3.8, 4) is 0 Å². The monoisotopic (exact) mass is 979 g/mol. The van der Waals surface area contributed by atoms with Crippen molar-refractivity contribution in [2.45, 2.75) is 232 Å². The summed E-state index contributed by atoms with van der Waals surface area (Å²) in [5.41, 5.74) is 0. The van der Waals surface area contributed by atoms with Crippen LogP contribution in [0.3, 0.4) is 0 Å². The van der Waals surface area contributed by atoms with Crippen molar-refractivity contribution in [2.24, 2.45) is 0 Å². The van der Waals surface area contributed by atoms with Crippen LogP contribution in [0.4, 0.5) is 0 Å². The number of carbonyl (C=O) groups is 3. The van der Waals surface area contributed by atoms with Crippen molar-refractivity contribution >= 4 is 17.9 Å². The molecule has 0 bridgehead atoms. The molecule has 0 aromatic carbocycles. The van der Waals surface area contributed by atoms with Crippen molar-refractivity contribution in [3.63, 3.8) is 0 Å². The molecule has 0 aromatic heterocycles. The maximum Gasteiger partial charge on any atom is 0.306 e. The molecule has 0 aliphatic rings. The topological polar surface area (TPSA) is 78.9 Å². The largest absolute Gasteiger partial charge is 0.462 e. The van der Waals surface area contributed by atoms with E-state index in [1.165, 1.54) is 19.3 Å². The van der Waals surface area contributed by atoms with E-state index in [2.05, 4.69) is 167 Å². The van der Waals surface area contributed by atoms with Crippen LogP contribution in [0, 0.1) is 0 Å². The van der Waals surface area contributed by atoms with Crippen LogP contribution in [0.5, 0.6) is 0 Å². The molecule has 0 aromatic rings. The minimum absolute atomic E-state index is 0.111. The van der Waals surface area contributed by atoms with E-state index in [9.17, 15) is 14.4 Å². The molecule has 71 heavy (non-hydrogen) atoms. The first kappa shape index (κ1) is 66.3. The quantitative estimate of drug-likeness (QED) is 0.0262. The van der Waals surface area contributed by atoms with Crippen molar-refractivity contribution in [1.29, 1.82) is 0 Å². The number of hydrogen-bond donors (Lipinski definition) is 0. The molecule has 1 atom stereocenters. The van der Waals surface area contributed by atoms with Crippen LogP contribution < -0.4 is 0 Å². The average molecular weight is 980 g/mol. The Morgan fingerprint density at radius 1 is 0.282 bits per heavy atom. The third-order valence-corrected chi connectivity index (χ3v) is 11.3. The number of esters is 3. The van der Waals surface area contributed by atoms with Gasteiger partial charge in [0.1, 0.15) is 13.2 Å². The highest BCUT2D eigenvalue weighted by molar-refractivity contribution is 5.71. The Balaban J connectivity index is 4.48. The molecular formula is C65H102O6. The zero-order valence-corrected chi connectivity index (χ0v) is 45.4. The van der Waals surface area contributed by atoms with Gasteiger partial charge in [0.25, 0.3) is 0 Å². The molecule has 0 saturated heterocycles. The Kier molecular flexibility index (Phi) is 54.0. The number of allylic oxidation sites excluding steroid dienone is 24. The van der Waals surface area contributed by atoms with Gasteiger partial charge in [0.05, 0.1) is 0 Å². The molecule has 0 aliphatic carbocycles. The van der Waals surface area contributed by atoms with Gasteiger partial charge in [-0.3, -0.25) is 14.4 Å². The van der Waals surface area contributed by atoms with Crippen LogP contribution in [-0.2, 0) is 28.6 Å². The highest BCUT2D eigenvalue weighted by atomic mass is 16.6. The Morgan fingerprint density at radius 2 is 0.507 bits per heavy atom. The van der Waals surface area contributed by atoms with Crippen LogP contribution in [-0.4, -0.2) is 37.2 Å². The summed E-state index contributed by atoms with van der Waals surface area (Å²) < 4.78 is 16.8. The number of ether oxygens (including phenoxy) is 3. The highest BCUT2D eigenvalue weighted by Gasteiger charge is 2.19. The fraction of sp³-hybridized carbons (Fsp3) is 0.585. The third kappa shape index (κ3) is 56.1. The lowest BCUT2D eigenvalue weighted by Gasteiger charge is -2.18. The van der Waals surface area contributed by atoms with Crippen molar-refractivity contribution < 1.29 is 28.6 Å². The summed E-state index contributed by atoms with van der Waals surface area (Å²) in [5.74, 6) is -0.980. The van der Waals surface area contributed by atoms with E-state index < -0.39 is 6.10 Å². The lowest BCUT2D eigenvalue weighted by molar-refractivity contribution is -0.167. The maximum atomic E-state index is 12.9. The molecule has 0 spiro atoms. The summed E-state index contributed by atoms with van der Waals surface area (Å²) in [6.45, 7) is 6.23. The van der Waals surface area contributed by atoms with Gasteiger partial charge in [0.2, 0.25) is 0 Å². The second-order valence-electron chi connectivity index (χ2n) is 18.0. The summed E-state index contributed by atoms with van der Waals surface area (Å²) in [7, 11) is 0. The Bertz CT molecular complexity index is 1590. The van der Waals surface area contributed by atoms with Crippen LogP contribution in [0.25, 0.3) is 0 Å². The van der Waals surface area contributed by atoms with Crippen molar-refractivity contribution in [2.75, 3.05) is 13.2 Å². The summed E-state index contributed by atoms with van der Waals surface area (Å²) in [5, 5.41) is 0. The van der Waals surface area contributed by atoms with E-state index in [0.29, 0.717) is 19.3 Å². The Morgan fingerprint density at radius 3 is 0.803 bits per heavy atom. The molecule has 0 fully saturated rings. The molecule has 0 N–H and O–H groups in total. The van der Waals surface area contributed by atoms with Gasteiger partial charge in [-0.2, -0.15) is 0 Å². The molecule has 0 heterocycles. The fourth-order valence-electron chi connectivity index (χ4n) is 7.18. The van der Waals surface area contributed by atoms with Crippen LogP contribution >= 0.6 is 0 Å². The zero-order chi connectivity index (χ0) is 51.4. The number of rotatable bonds is 49. The molecule has 0 radical (unpaired) electrons. The third-order valence-electron chi connectivity index (χ3n) is 11.3. The predicted molar refractivity (Wildman–Crippen MR) is 306 cm³/mol. The van der Waals surface area contributed by atoms with E-state index in [0.717, 1.165) is 167 Å². The summed E-state index contributed by atoms with van der Waals surface area (Å²) in [4.78, 5) is 38.1. The summed E-state index contributed by atoms with van der Waals surface area (Å²) in [6.07, 6.45) is 82.6. The van der Waals surface area contributed by atoms with Gasteiger partial charge in [-0.1, -0.05) is 218 Å². The molecule has 0 saturated carbocycles. The van der Waals surface area contributed by atoms with Crippen LogP contribution in [0.2, 0.25) is 0 Å². The zero-order valence-electron chi connectivity index (χ0n) is 45.4. The molecule has 398 valence electrons. The van der Waals surface area contributed by atoms with Crippen LogP contribution in [0.15, 0.2) is 146 Å². The Labute approximate surface area is 436 Å². The molecule has 0 aliphatic heterocycles. The second kappa shape index (κ2) is 57.9. The van der Waals surface area contributed by atoms with Gasteiger partial charge in [0.15, 0.2) is 6.10 Å². The molecule has 0 rings (SSSR count). The smallest absolute Gasteiger partial charge is 0.306 e. The molecular weight excluding hydrogens is 877 g/mol. The summed E-state index contributed by atoms with van der Waals surface area (Å²) in [6, 6.07) is 0. The van der Waals surface area contributed by atoms with E-state index in [-0.39, 0.29) is 31.1 Å². The van der Waals surface area contributed by atoms with E-state index in [1.54, 1.807) is 0 Å². The van der Waals surface area contributed by atoms with Crippen LogP contribution in [0.1, 0.15) is 226 Å². The number of hydrogen-bond acceptors (Lipinski definition) is 6. The first-order valence-electron chi connectivity index (χ1n) is 28.3. The minimum atomic E-state index is -0.813. The first-order chi connectivity index (χ1) is 35.0. The van der Waals surface area contributed by atoms with Gasteiger partial charge in [-0.05, 0) is 135 Å². The molecule has 0 amide bonds. The number of unbranched alkanes of at least 4 members (excludes halogenated alkanes) is 14. The van der Waals surface area contributed by atoms with Gasteiger partial charge >= 0.3 is 17.9 Å². The standard InChI is InChI=1S/C65H102O6/c1-4-7-10-13-16-19-22-25-27-29-30-31-32-33-34-36-37-40-43-46-49-52-55-58-64(67)70-61-62(60-69-63(66)57-54-51-48-45-42-39-24-21-18-15-12-9-6-3)71-65(68)59-56-53-50-47-44-41-38-35-28-26-23-20-17-14-11-8-5-2/h7-12,16-21,25-28,30-31,33-34,37,39-40,42,62H,4-6,13-15,22-24,29,32,35-36,38,41,43-61H2,1-3H3/b10-7-,11-8-,12-9-,19-16-,20-17-,21-18-,27-25-,28-26-,31-30-,34-33-,40-37-,42-39-. The Hall–Kier alpha value is -4.71. The minimum Gasteiger partial charge on any atom is -0.462 e. The normalized spacial score (nSPS) is 13.2. The second-order valence-corrected chi connectivity index (χ2v) is 18.0. The molecule has 1 unspecified atom stereocenters. The maximum absolute atomic E-state index is 12.9. The lowest BCUT2D eigenvalue weighted by atomic mass is 10.1. The molecule has 6 nitrogen and oxygen atoms in total. The number of carbonyl (C=O) groups excluding carboxylic acids is 3. The first-order valence-corrected chi connectivity index (χ1v) is 28.3. The van der Waals surface area contributed by atoms with Crippen molar-refractivity contribution in [3.05, 3.63) is 146 Å². The van der Waals surface area contributed by atoms with Gasteiger partial charge in [-0.15, -0.1) is 0 Å².